The summed E-state index contributed by atoms with van der Waals surface area (Å²) in [6, 6.07) is 0.332. The Bertz CT molecular complexity index is 511. The van der Waals surface area contributed by atoms with Crippen molar-refractivity contribution in [3.63, 3.8) is 0 Å². The van der Waals surface area contributed by atoms with Gasteiger partial charge >= 0.3 is 6.01 Å². The maximum Gasteiger partial charge on any atom is 0.318 e. The predicted octanol–water partition coefficient (Wildman–Crippen LogP) is 1.10. The maximum atomic E-state index is 5.92. The molecule has 0 aliphatic rings. The molecule has 2 heterocycles. The summed E-state index contributed by atoms with van der Waals surface area (Å²) in [4.78, 5) is 8.37. The molecular weight excluding hydrogens is 232 g/mol. The predicted molar refractivity (Wildman–Crippen MR) is 68.3 cm³/mol. The summed E-state index contributed by atoms with van der Waals surface area (Å²) in [6.07, 6.45) is 3.54. The van der Waals surface area contributed by atoms with Gasteiger partial charge in [0.1, 0.15) is 0 Å². The second-order valence-corrected chi connectivity index (χ2v) is 3.75. The minimum Gasteiger partial charge on any atom is -0.464 e. The molecule has 0 aliphatic heterocycles. The topological polar surface area (TPSA) is 102 Å². The van der Waals surface area contributed by atoms with E-state index < -0.39 is 0 Å². The van der Waals surface area contributed by atoms with Gasteiger partial charge in [-0.2, -0.15) is 15.1 Å². The average Bonchev–Trinajstić information content (AvgIpc) is 2.85. The summed E-state index contributed by atoms with van der Waals surface area (Å²) in [6.45, 7) is 4.81. The molecule has 0 atom stereocenters. The van der Waals surface area contributed by atoms with Crippen LogP contribution in [0.1, 0.15) is 18.2 Å². The number of nitrogens with one attached hydrogen (secondary N) is 2. The van der Waals surface area contributed by atoms with E-state index in [-0.39, 0.29) is 0 Å². The van der Waals surface area contributed by atoms with Crippen molar-refractivity contribution < 1.29 is 4.74 Å². The molecule has 4 N–H and O–H groups in total. The molecule has 0 bridgehead atoms. The number of nitrogen functional groups attached to an aromatic ring is 1. The fourth-order valence-corrected chi connectivity index (χ4v) is 1.44. The van der Waals surface area contributed by atoms with E-state index in [0.717, 1.165) is 5.56 Å². The van der Waals surface area contributed by atoms with Crippen LogP contribution < -0.4 is 15.8 Å². The van der Waals surface area contributed by atoms with E-state index >= 15 is 0 Å². The molecule has 0 aromatic carbocycles. The first-order valence-corrected chi connectivity index (χ1v) is 5.69. The zero-order valence-electron chi connectivity index (χ0n) is 10.4. The zero-order valence-corrected chi connectivity index (χ0v) is 10.4. The Morgan fingerprint density at radius 1 is 1.44 bits per heavy atom. The lowest BCUT2D eigenvalue weighted by Gasteiger charge is -2.11. The summed E-state index contributed by atoms with van der Waals surface area (Å²) in [7, 11) is 0. The van der Waals surface area contributed by atoms with Gasteiger partial charge in [0.05, 0.1) is 24.2 Å². The largest absolute Gasteiger partial charge is 0.464 e. The van der Waals surface area contributed by atoms with Gasteiger partial charge < -0.3 is 15.8 Å². The Kier molecular flexibility index (Phi) is 3.61. The highest BCUT2D eigenvalue weighted by Crippen LogP contribution is 2.22. The van der Waals surface area contributed by atoms with E-state index in [4.69, 9.17) is 10.5 Å². The van der Waals surface area contributed by atoms with Crippen molar-refractivity contribution in [3.8, 4) is 6.01 Å². The number of hydrogen-bond acceptors (Lipinski definition) is 6. The van der Waals surface area contributed by atoms with Gasteiger partial charge in [-0.05, 0) is 13.8 Å². The third-order valence-corrected chi connectivity index (χ3v) is 2.40. The third-order valence-electron chi connectivity index (χ3n) is 2.40. The van der Waals surface area contributed by atoms with Crippen molar-refractivity contribution >= 4 is 11.5 Å². The highest BCUT2D eigenvalue weighted by Gasteiger charge is 2.09. The molecule has 0 unspecified atom stereocenters. The zero-order chi connectivity index (χ0) is 13.0. The highest BCUT2D eigenvalue weighted by atomic mass is 16.5. The number of hydrogen-bond donors (Lipinski definition) is 3. The molecule has 0 saturated heterocycles. The number of ether oxygens (including phenoxy) is 1. The maximum absolute atomic E-state index is 5.92. The van der Waals surface area contributed by atoms with E-state index in [1.165, 1.54) is 0 Å². The number of rotatable bonds is 5. The molecule has 2 aromatic rings. The van der Waals surface area contributed by atoms with Crippen LogP contribution in [0.3, 0.4) is 0 Å². The van der Waals surface area contributed by atoms with Gasteiger partial charge in [0, 0.05) is 18.3 Å². The number of aromatic nitrogens is 4. The van der Waals surface area contributed by atoms with Crippen molar-refractivity contribution in [3.05, 3.63) is 23.7 Å². The number of nitrogens with two attached hydrogens (primary N) is 1. The lowest BCUT2D eigenvalue weighted by Crippen LogP contribution is -2.09. The Balaban J connectivity index is 2.15. The standard InChI is InChI=1S/C11H16N6O/c1-3-18-11-16-7(2)9(12)10(17-11)13-4-8-5-14-15-6-8/h5-6H,3-4,12H2,1-2H3,(H,14,15)(H,13,16,17). The van der Waals surface area contributed by atoms with E-state index in [2.05, 4.69) is 25.5 Å². The Morgan fingerprint density at radius 3 is 2.94 bits per heavy atom. The van der Waals surface area contributed by atoms with Crippen LogP contribution in [0.2, 0.25) is 0 Å². The molecule has 18 heavy (non-hydrogen) atoms. The minimum atomic E-state index is 0.332. The van der Waals surface area contributed by atoms with Crippen molar-refractivity contribution in [1.29, 1.82) is 0 Å². The minimum absolute atomic E-state index is 0.332. The average molecular weight is 248 g/mol. The van der Waals surface area contributed by atoms with Crippen LogP contribution in [0.5, 0.6) is 6.01 Å². The van der Waals surface area contributed by atoms with Gasteiger partial charge in [-0.1, -0.05) is 0 Å². The summed E-state index contributed by atoms with van der Waals surface area (Å²) in [5.41, 5.74) is 8.16. The summed E-state index contributed by atoms with van der Waals surface area (Å²) >= 11 is 0. The van der Waals surface area contributed by atoms with Crippen molar-refractivity contribution in [2.75, 3.05) is 17.7 Å². The molecule has 96 valence electrons. The second-order valence-electron chi connectivity index (χ2n) is 3.75. The molecule has 0 fully saturated rings. The normalized spacial score (nSPS) is 10.3. The first kappa shape index (κ1) is 12.2. The lowest BCUT2D eigenvalue weighted by atomic mass is 10.3. The van der Waals surface area contributed by atoms with Crippen LogP contribution >= 0.6 is 0 Å². The van der Waals surface area contributed by atoms with Crippen LogP contribution in [-0.2, 0) is 6.54 Å². The molecule has 0 radical (unpaired) electrons. The van der Waals surface area contributed by atoms with Gasteiger partial charge in [0.15, 0.2) is 5.82 Å². The van der Waals surface area contributed by atoms with Gasteiger partial charge in [0.2, 0.25) is 0 Å². The molecule has 7 heteroatoms. The molecule has 0 spiro atoms. The van der Waals surface area contributed by atoms with E-state index in [9.17, 15) is 0 Å². The number of aromatic amines is 1. The number of anilines is 2. The fraction of sp³-hybridized carbons (Fsp3) is 0.364. The number of nitrogens with zero attached hydrogens (tertiary/aromatic N) is 3. The summed E-state index contributed by atoms with van der Waals surface area (Å²) < 4.78 is 5.28. The molecule has 0 aliphatic carbocycles. The number of H-pyrrole nitrogens is 1. The lowest BCUT2D eigenvalue weighted by molar-refractivity contribution is 0.312. The van der Waals surface area contributed by atoms with Crippen LogP contribution in [-0.4, -0.2) is 26.8 Å². The van der Waals surface area contributed by atoms with Crippen LogP contribution in [0, 0.1) is 6.92 Å². The van der Waals surface area contributed by atoms with E-state index in [1.54, 1.807) is 12.4 Å². The van der Waals surface area contributed by atoms with Gasteiger partial charge in [-0.3, -0.25) is 5.10 Å². The van der Waals surface area contributed by atoms with E-state index in [0.29, 0.717) is 36.4 Å². The van der Waals surface area contributed by atoms with Crippen LogP contribution in [0.4, 0.5) is 11.5 Å². The van der Waals surface area contributed by atoms with Crippen molar-refractivity contribution in [2.24, 2.45) is 0 Å². The molecule has 0 saturated carbocycles. The quantitative estimate of drug-likeness (QED) is 0.732. The summed E-state index contributed by atoms with van der Waals surface area (Å²) in [5, 5.41) is 9.75. The van der Waals surface area contributed by atoms with Gasteiger partial charge in [0.25, 0.3) is 0 Å². The first-order valence-electron chi connectivity index (χ1n) is 5.69. The first-order chi connectivity index (χ1) is 8.70. The van der Waals surface area contributed by atoms with E-state index in [1.807, 2.05) is 13.8 Å². The van der Waals surface area contributed by atoms with Gasteiger partial charge in [-0.15, -0.1) is 0 Å². The molecule has 2 aromatic heterocycles. The number of aryl methyl sites for hydroxylation is 1. The van der Waals surface area contributed by atoms with Crippen LogP contribution in [0.25, 0.3) is 0 Å². The van der Waals surface area contributed by atoms with Crippen LogP contribution in [0.15, 0.2) is 12.4 Å². The second kappa shape index (κ2) is 5.35. The fourth-order valence-electron chi connectivity index (χ4n) is 1.44. The SMILES string of the molecule is CCOc1nc(C)c(N)c(NCc2cn[nH]c2)n1. The Labute approximate surface area is 105 Å². The molecule has 2 rings (SSSR count). The molecule has 7 nitrogen and oxygen atoms in total. The Hall–Kier alpha value is -2.31. The molecule has 0 amide bonds. The molecular formula is C11H16N6O. The summed E-state index contributed by atoms with van der Waals surface area (Å²) in [5.74, 6) is 0.576. The van der Waals surface area contributed by atoms with Crippen molar-refractivity contribution in [2.45, 2.75) is 20.4 Å². The highest BCUT2D eigenvalue weighted by molar-refractivity contribution is 5.64. The smallest absolute Gasteiger partial charge is 0.318 e. The third kappa shape index (κ3) is 2.68. The Morgan fingerprint density at radius 2 is 2.28 bits per heavy atom. The monoisotopic (exact) mass is 248 g/mol. The van der Waals surface area contributed by atoms with Crippen molar-refractivity contribution in [1.82, 2.24) is 20.2 Å². The van der Waals surface area contributed by atoms with Gasteiger partial charge in [-0.25, -0.2) is 0 Å².